The number of piperazine rings is 1. The zero-order valence-electron chi connectivity index (χ0n) is 22.2. The SMILES string of the molecule is CC(C)n1cc(-c2cc(-c3ccc(N4CCN(C(=O)O)C(C(C)(C)C)C4)nc3)c3c(C#N)cnn3c2)nn1. The topological polar surface area (TPSA) is 128 Å². The predicted octanol–water partition coefficient (Wildman–Crippen LogP) is 4.32. The van der Waals surface area contributed by atoms with Crippen LogP contribution in [-0.2, 0) is 0 Å². The van der Waals surface area contributed by atoms with Crippen molar-refractivity contribution in [3.63, 3.8) is 0 Å². The van der Waals surface area contributed by atoms with Crippen LogP contribution in [0.5, 0.6) is 0 Å². The summed E-state index contributed by atoms with van der Waals surface area (Å²) in [7, 11) is 0. The van der Waals surface area contributed by atoms with Gasteiger partial charge in [0.15, 0.2) is 0 Å². The Labute approximate surface area is 220 Å². The second-order valence-corrected chi connectivity index (χ2v) is 11.0. The highest BCUT2D eigenvalue weighted by atomic mass is 16.4. The third-order valence-corrected chi connectivity index (χ3v) is 7.08. The first-order valence-electron chi connectivity index (χ1n) is 12.6. The zero-order valence-corrected chi connectivity index (χ0v) is 22.2. The number of amides is 1. The van der Waals surface area contributed by atoms with Crippen molar-refractivity contribution >= 4 is 17.4 Å². The summed E-state index contributed by atoms with van der Waals surface area (Å²) in [5.74, 6) is 0.786. The third-order valence-electron chi connectivity index (χ3n) is 7.08. The monoisotopic (exact) mass is 513 g/mol. The van der Waals surface area contributed by atoms with Gasteiger partial charge in [-0.3, -0.25) is 0 Å². The van der Waals surface area contributed by atoms with Crippen LogP contribution in [0.2, 0.25) is 0 Å². The second kappa shape index (κ2) is 9.45. The van der Waals surface area contributed by atoms with Gasteiger partial charge in [-0.15, -0.1) is 5.10 Å². The van der Waals surface area contributed by atoms with Gasteiger partial charge < -0.3 is 14.9 Å². The fourth-order valence-corrected chi connectivity index (χ4v) is 4.92. The summed E-state index contributed by atoms with van der Waals surface area (Å²) in [6.07, 6.45) is 6.21. The molecule has 1 amide bonds. The zero-order chi connectivity index (χ0) is 27.2. The lowest BCUT2D eigenvalue weighted by Crippen LogP contribution is -2.59. The molecule has 1 N–H and O–H groups in total. The number of carboxylic acid groups (broad SMARTS) is 1. The van der Waals surface area contributed by atoms with Crippen molar-refractivity contribution in [2.45, 2.75) is 46.7 Å². The second-order valence-electron chi connectivity index (χ2n) is 11.0. The van der Waals surface area contributed by atoms with Crippen LogP contribution in [0.4, 0.5) is 10.6 Å². The highest BCUT2D eigenvalue weighted by molar-refractivity contribution is 5.87. The van der Waals surface area contributed by atoms with Crippen LogP contribution in [0.3, 0.4) is 0 Å². The van der Waals surface area contributed by atoms with Gasteiger partial charge in [-0.2, -0.15) is 10.4 Å². The van der Waals surface area contributed by atoms with E-state index in [-0.39, 0.29) is 17.5 Å². The van der Waals surface area contributed by atoms with Crippen molar-refractivity contribution in [1.29, 1.82) is 5.26 Å². The molecule has 0 radical (unpaired) electrons. The quantitative estimate of drug-likeness (QED) is 0.427. The van der Waals surface area contributed by atoms with E-state index in [1.807, 2.05) is 44.4 Å². The number of carbonyl (C=O) groups is 1. The van der Waals surface area contributed by atoms with Gasteiger partial charge in [0.1, 0.15) is 17.6 Å². The number of nitrogens with zero attached hydrogens (tertiary/aromatic N) is 9. The van der Waals surface area contributed by atoms with Crippen molar-refractivity contribution in [1.82, 2.24) is 34.5 Å². The number of hydrogen-bond donors (Lipinski definition) is 1. The van der Waals surface area contributed by atoms with E-state index in [2.05, 4.69) is 47.2 Å². The Hall–Kier alpha value is -4.46. The minimum atomic E-state index is -0.890. The van der Waals surface area contributed by atoms with Crippen LogP contribution in [0.25, 0.3) is 27.9 Å². The van der Waals surface area contributed by atoms with Crippen LogP contribution in [0.1, 0.15) is 46.2 Å². The Morgan fingerprint density at radius 1 is 1.16 bits per heavy atom. The molecule has 5 heterocycles. The minimum absolute atomic E-state index is 0.157. The average Bonchev–Trinajstić information content (AvgIpc) is 3.55. The van der Waals surface area contributed by atoms with Crippen molar-refractivity contribution in [3.05, 3.63) is 48.5 Å². The molecule has 0 aromatic carbocycles. The highest BCUT2D eigenvalue weighted by Gasteiger charge is 2.38. The molecule has 0 bridgehead atoms. The molecule has 1 atom stereocenters. The maximum Gasteiger partial charge on any atom is 0.407 e. The summed E-state index contributed by atoms with van der Waals surface area (Å²) in [6, 6.07) is 8.19. The Morgan fingerprint density at radius 2 is 1.95 bits per heavy atom. The molecule has 0 aliphatic carbocycles. The molecule has 5 rings (SSSR count). The smallest absolute Gasteiger partial charge is 0.407 e. The van der Waals surface area contributed by atoms with Gasteiger partial charge in [0.05, 0.1) is 29.5 Å². The van der Waals surface area contributed by atoms with Crippen LogP contribution >= 0.6 is 0 Å². The summed E-state index contributed by atoms with van der Waals surface area (Å²) >= 11 is 0. The van der Waals surface area contributed by atoms with E-state index in [1.54, 1.807) is 21.6 Å². The summed E-state index contributed by atoms with van der Waals surface area (Å²) in [6.45, 7) is 11.8. The first-order chi connectivity index (χ1) is 18.1. The Bertz CT molecular complexity index is 1520. The first kappa shape index (κ1) is 25.2. The molecule has 4 aromatic rings. The van der Waals surface area contributed by atoms with Gasteiger partial charge >= 0.3 is 6.09 Å². The van der Waals surface area contributed by atoms with Crippen molar-refractivity contribution in [2.24, 2.45) is 5.41 Å². The lowest BCUT2D eigenvalue weighted by molar-refractivity contribution is 0.0747. The van der Waals surface area contributed by atoms with Gasteiger partial charge in [-0.25, -0.2) is 19.0 Å². The number of aromatic nitrogens is 6. The van der Waals surface area contributed by atoms with Crippen LogP contribution in [-0.4, -0.2) is 71.4 Å². The van der Waals surface area contributed by atoms with Crippen molar-refractivity contribution < 1.29 is 9.90 Å². The number of rotatable bonds is 4. The van der Waals surface area contributed by atoms with Crippen molar-refractivity contribution in [3.8, 4) is 28.5 Å². The molecule has 0 spiro atoms. The largest absolute Gasteiger partial charge is 0.465 e. The van der Waals surface area contributed by atoms with E-state index in [4.69, 9.17) is 4.98 Å². The normalized spacial score (nSPS) is 16.3. The van der Waals surface area contributed by atoms with E-state index in [9.17, 15) is 15.2 Å². The fourth-order valence-electron chi connectivity index (χ4n) is 4.92. The molecule has 1 aliphatic heterocycles. The Morgan fingerprint density at radius 3 is 2.55 bits per heavy atom. The van der Waals surface area contributed by atoms with Gasteiger partial charge in [0.25, 0.3) is 0 Å². The molecule has 1 saturated heterocycles. The lowest BCUT2D eigenvalue weighted by atomic mass is 9.84. The van der Waals surface area contributed by atoms with Gasteiger partial charge in [-0.05, 0) is 37.5 Å². The standard InChI is InChI=1S/C27H31N9O2/c1-17(2)35-15-22(31-32-35)19-10-21(25-20(11-28)13-30-36(25)14-19)18-6-7-24(29-12-18)33-8-9-34(26(37)38)23(16-33)27(3,4)5/h6-7,10,12-15,17,23H,8-9,16H2,1-5H3,(H,37,38). The van der Waals surface area contributed by atoms with Gasteiger partial charge in [0, 0.05) is 54.8 Å². The number of anilines is 1. The summed E-state index contributed by atoms with van der Waals surface area (Å²) in [4.78, 5) is 20.2. The van der Waals surface area contributed by atoms with E-state index in [0.29, 0.717) is 36.4 Å². The fraction of sp³-hybridized carbons (Fsp3) is 0.407. The van der Waals surface area contributed by atoms with E-state index >= 15 is 0 Å². The van der Waals surface area contributed by atoms with Crippen LogP contribution in [0, 0.1) is 16.7 Å². The number of nitriles is 1. The Balaban J connectivity index is 1.51. The van der Waals surface area contributed by atoms with E-state index in [0.717, 1.165) is 22.5 Å². The molecule has 1 aliphatic rings. The average molecular weight is 514 g/mol. The van der Waals surface area contributed by atoms with Crippen LogP contribution in [0.15, 0.2) is 43.0 Å². The minimum Gasteiger partial charge on any atom is -0.465 e. The van der Waals surface area contributed by atoms with Crippen molar-refractivity contribution in [2.75, 3.05) is 24.5 Å². The summed E-state index contributed by atoms with van der Waals surface area (Å²) < 4.78 is 3.50. The first-order valence-corrected chi connectivity index (χ1v) is 12.6. The predicted molar refractivity (Wildman–Crippen MR) is 143 cm³/mol. The molecular formula is C27H31N9O2. The number of pyridine rings is 2. The molecule has 1 unspecified atom stereocenters. The van der Waals surface area contributed by atoms with E-state index < -0.39 is 6.09 Å². The molecule has 4 aromatic heterocycles. The van der Waals surface area contributed by atoms with Crippen LogP contribution < -0.4 is 4.90 Å². The molecule has 1 fully saturated rings. The molecule has 196 valence electrons. The highest BCUT2D eigenvalue weighted by Crippen LogP contribution is 2.33. The van der Waals surface area contributed by atoms with E-state index in [1.165, 1.54) is 4.90 Å². The molecular weight excluding hydrogens is 482 g/mol. The molecule has 0 saturated carbocycles. The summed E-state index contributed by atoms with van der Waals surface area (Å²) in [5.41, 5.74) is 4.15. The number of fused-ring (bicyclic) bond motifs is 1. The molecule has 11 heteroatoms. The Kier molecular flexibility index (Phi) is 6.26. The van der Waals surface area contributed by atoms with Gasteiger partial charge in [0.2, 0.25) is 0 Å². The van der Waals surface area contributed by atoms with Gasteiger partial charge in [-0.1, -0.05) is 26.0 Å². The maximum absolute atomic E-state index is 11.8. The molecule has 38 heavy (non-hydrogen) atoms. The third kappa shape index (κ3) is 4.53. The lowest BCUT2D eigenvalue weighted by Gasteiger charge is -2.46. The number of hydrogen-bond acceptors (Lipinski definition) is 7. The summed E-state index contributed by atoms with van der Waals surface area (Å²) in [5, 5.41) is 32.4. The maximum atomic E-state index is 11.8. The molecule has 11 nitrogen and oxygen atoms in total.